The fraction of sp³-hybridized carbons (Fsp3) is 0.727. The van der Waals surface area contributed by atoms with Crippen molar-refractivity contribution in [2.75, 3.05) is 38.1 Å². The van der Waals surface area contributed by atoms with E-state index in [1.807, 2.05) is 0 Å². The van der Waals surface area contributed by atoms with Gasteiger partial charge >= 0.3 is 11.9 Å². The molecule has 0 amide bonds. The fourth-order valence-electron chi connectivity index (χ4n) is 2.92. The van der Waals surface area contributed by atoms with E-state index in [-0.39, 0.29) is 44.5 Å². The standard InChI is InChI=1S/C12H26O10P2S.C8H16O7P2.C2H4O3S/c1-5-10(25(18,19)20)9-12(2,3)11(13)21-7-6-8-24(16,17)22-23(4,14)15;1-7(2)8(9)15-4-3-5-16(10,11)6-17(12,13)14;1-2-6(3,4)5/h10H,5-9H2,1-4H3,(H,14,15)(H,16,17)(H,18,19,20);1,3-6H2,2H3,(H,10,11)(H2,12,13,14);2H,1H2,(H,3,4,5)/p-7. The predicted octanol–water partition coefficient (Wildman–Crippen LogP) is -0.906. The van der Waals surface area contributed by atoms with Crippen LogP contribution >= 0.6 is 30.2 Å². The summed E-state index contributed by atoms with van der Waals surface area (Å²) in [4.78, 5) is 76.7. The van der Waals surface area contributed by atoms with Crippen molar-refractivity contribution in [3.63, 3.8) is 0 Å². The van der Waals surface area contributed by atoms with Crippen LogP contribution in [0.4, 0.5) is 0 Å². The molecule has 0 aliphatic heterocycles. The summed E-state index contributed by atoms with van der Waals surface area (Å²) in [6, 6.07) is 0. The van der Waals surface area contributed by atoms with Crippen LogP contribution in [0.25, 0.3) is 0 Å². The van der Waals surface area contributed by atoms with Gasteiger partial charge in [-0.15, -0.1) is 0 Å². The van der Waals surface area contributed by atoms with Gasteiger partial charge in [0.2, 0.25) is 0 Å². The molecular weight excluding hydrogens is 772 g/mol. The van der Waals surface area contributed by atoms with Gasteiger partial charge in [-0.25, -0.2) is 21.6 Å². The van der Waals surface area contributed by atoms with Gasteiger partial charge in [-0.1, -0.05) is 27.7 Å². The van der Waals surface area contributed by atoms with E-state index in [4.69, 9.17) is 4.74 Å². The fourth-order valence-corrected chi connectivity index (χ4v) is 9.88. The van der Waals surface area contributed by atoms with Gasteiger partial charge in [-0.3, -0.25) is 9.11 Å². The normalized spacial score (nSPS) is 16.5. The van der Waals surface area contributed by atoms with Crippen molar-refractivity contribution in [2.45, 2.75) is 58.6 Å². The zero-order valence-corrected chi connectivity index (χ0v) is 31.9. The van der Waals surface area contributed by atoms with Crippen LogP contribution in [0.2, 0.25) is 0 Å². The maximum Gasteiger partial charge on any atom is 0.333 e. The van der Waals surface area contributed by atoms with E-state index in [2.05, 4.69) is 22.2 Å². The largest absolute Gasteiger partial charge is 0.810 e. The van der Waals surface area contributed by atoms with E-state index < -0.39 is 91.2 Å². The molecule has 0 saturated carbocycles. The molecule has 0 saturated heterocycles. The van der Waals surface area contributed by atoms with Crippen LogP contribution in [-0.2, 0) is 61.9 Å². The molecule has 0 fully saturated rings. The third kappa shape index (κ3) is 30.9. The van der Waals surface area contributed by atoms with Crippen LogP contribution in [0, 0.1) is 5.41 Å². The number of carbonyl (C=O) groups is 2. The quantitative estimate of drug-likeness (QED) is 0.0501. The van der Waals surface area contributed by atoms with Crippen LogP contribution in [0.5, 0.6) is 0 Å². The molecule has 0 aliphatic rings. The maximum atomic E-state index is 12.0. The lowest BCUT2D eigenvalue weighted by Gasteiger charge is -2.36. The second-order valence-electron chi connectivity index (χ2n) is 10.5. The van der Waals surface area contributed by atoms with Gasteiger partial charge in [-0.2, -0.15) is 0 Å². The lowest BCUT2D eigenvalue weighted by Crippen LogP contribution is -2.34. The number of carbonyl (C=O) groups excluding carboxylic acids is 2. The Morgan fingerprint density at radius 2 is 1.33 bits per heavy atom. The van der Waals surface area contributed by atoms with Gasteiger partial charge in [0.15, 0.2) is 0 Å². The number of hydrogen-bond acceptors (Lipinski definition) is 20. The monoisotopic (exact) mass is 811 g/mol. The second kappa shape index (κ2) is 21.3. The van der Waals surface area contributed by atoms with Gasteiger partial charge < -0.3 is 61.3 Å². The Kier molecular flexibility index (Phi) is 22.8. The van der Waals surface area contributed by atoms with E-state index in [1.165, 1.54) is 27.7 Å². The summed E-state index contributed by atoms with van der Waals surface area (Å²) < 4.78 is 118. The summed E-state index contributed by atoms with van der Waals surface area (Å²) in [5.41, 5.74) is -1.08. The van der Waals surface area contributed by atoms with Crippen molar-refractivity contribution in [3.05, 3.63) is 24.1 Å². The molecule has 0 aromatic rings. The molecule has 0 radical (unpaired) electrons. The summed E-state index contributed by atoms with van der Waals surface area (Å²) in [5, 5.41) is -0.881. The number of rotatable bonds is 19. The molecule has 0 aromatic carbocycles. The first kappa shape index (κ1) is 51.3. The molecule has 0 spiro atoms. The average Bonchev–Trinajstić information content (AvgIpc) is 2.84. The van der Waals surface area contributed by atoms with Crippen molar-refractivity contribution in [1.82, 2.24) is 0 Å². The summed E-state index contributed by atoms with van der Waals surface area (Å²) in [6.45, 7) is 11.9. The average molecular weight is 812 g/mol. The molecule has 0 heterocycles. The summed E-state index contributed by atoms with van der Waals surface area (Å²) in [7, 11) is -27.1. The predicted molar refractivity (Wildman–Crippen MR) is 160 cm³/mol. The molecule has 0 rings (SSSR count). The van der Waals surface area contributed by atoms with Crippen LogP contribution in [0.3, 0.4) is 0 Å². The van der Waals surface area contributed by atoms with Gasteiger partial charge in [0, 0.05) is 37.1 Å². The lowest BCUT2D eigenvalue weighted by atomic mass is 9.87. The summed E-state index contributed by atoms with van der Waals surface area (Å²) in [6.07, 6.45) is -1.57. The minimum absolute atomic E-state index is 0.0471. The van der Waals surface area contributed by atoms with Crippen molar-refractivity contribution in [1.29, 1.82) is 0 Å². The molecule has 0 aromatic heterocycles. The first-order chi connectivity index (χ1) is 21.1. The highest BCUT2D eigenvalue weighted by atomic mass is 32.2. The third-order valence-electron chi connectivity index (χ3n) is 5.05. The Balaban J connectivity index is -0.000000755. The van der Waals surface area contributed by atoms with E-state index in [1.54, 1.807) is 0 Å². The molecule has 26 heteroatoms. The lowest BCUT2D eigenvalue weighted by molar-refractivity contribution is -0.312. The van der Waals surface area contributed by atoms with Crippen molar-refractivity contribution in [2.24, 2.45) is 5.41 Å². The second-order valence-corrected chi connectivity index (χ2v) is 21.8. The molecule has 0 N–H and O–H groups in total. The number of hydrogen-bond donors (Lipinski definition) is 0. The molecular formula is C22H39O20P4S2-7. The maximum absolute atomic E-state index is 12.0. The highest BCUT2D eigenvalue weighted by Crippen LogP contribution is 2.52. The molecule has 4 unspecified atom stereocenters. The summed E-state index contributed by atoms with van der Waals surface area (Å²) in [5.74, 6) is -2.82. The number of ether oxygens (including phenoxy) is 2. The van der Waals surface area contributed by atoms with Gasteiger partial charge in [-0.05, 0) is 52.6 Å². The van der Waals surface area contributed by atoms with Crippen LogP contribution in [0.1, 0.15) is 53.4 Å². The first-order valence-electron chi connectivity index (χ1n) is 13.2. The molecule has 4 atom stereocenters. The Bertz CT molecular complexity index is 1480. The highest BCUT2D eigenvalue weighted by Gasteiger charge is 2.34. The summed E-state index contributed by atoms with van der Waals surface area (Å²) >= 11 is 0. The topological polar surface area (TPSA) is 360 Å². The third-order valence-corrected chi connectivity index (χ3v) is 13.9. The van der Waals surface area contributed by atoms with Crippen molar-refractivity contribution >= 4 is 62.3 Å². The smallest absolute Gasteiger partial charge is 0.333 e. The van der Waals surface area contributed by atoms with Crippen molar-refractivity contribution in [3.8, 4) is 0 Å². The SMILES string of the molecule is C=C(C)C(=O)OCCCP(=O)([O-])CP(=O)([O-])[O-].C=CS(=O)(=O)[O-].CCC(CC(C)(C)C(=O)OCCCP(=O)([O-])OP(C)(=O)[O-])S(=O)(=O)[O-]. The Hall–Kier alpha value is -1.08. The van der Waals surface area contributed by atoms with Crippen LogP contribution in [0.15, 0.2) is 24.1 Å². The van der Waals surface area contributed by atoms with Crippen molar-refractivity contribution < 1.29 is 92.0 Å². The van der Waals surface area contributed by atoms with E-state index >= 15 is 0 Å². The number of esters is 2. The van der Waals surface area contributed by atoms with E-state index in [9.17, 15) is 78.3 Å². The van der Waals surface area contributed by atoms with Crippen LogP contribution < -0.4 is 24.5 Å². The first-order valence-corrected chi connectivity index (χ1v) is 23.6. The van der Waals surface area contributed by atoms with Gasteiger partial charge in [0.1, 0.15) is 25.3 Å². The Labute approximate surface area is 280 Å². The minimum Gasteiger partial charge on any atom is -0.810 e. The minimum atomic E-state index is -5.07. The Morgan fingerprint density at radius 3 is 1.69 bits per heavy atom. The molecule has 286 valence electrons. The molecule has 20 nitrogen and oxygen atoms in total. The van der Waals surface area contributed by atoms with Gasteiger partial charge in [0.25, 0.3) is 0 Å². The van der Waals surface area contributed by atoms with E-state index in [0.29, 0.717) is 12.1 Å². The molecule has 0 bridgehead atoms. The van der Waals surface area contributed by atoms with Crippen LogP contribution in [-0.4, -0.2) is 81.2 Å². The highest BCUT2D eigenvalue weighted by molar-refractivity contribution is 7.88. The Morgan fingerprint density at radius 1 is 0.896 bits per heavy atom. The van der Waals surface area contributed by atoms with Gasteiger partial charge in [0.05, 0.1) is 34.0 Å². The zero-order valence-electron chi connectivity index (χ0n) is 26.7. The molecule has 48 heavy (non-hydrogen) atoms. The van der Waals surface area contributed by atoms with E-state index in [0.717, 1.165) is 0 Å². The zero-order chi connectivity index (χ0) is 39.0. The molecule has 0 aliphatic carbocycles.